The van der Waals surface area contributed by atoms with Crippen molar-refractivity contribution in [3.05, 3.63) is 53.9 Å². The van der Waals surface area contributed by atoms with E-state index in [-0.39, 0.29) is 18.0 Å². The van der Waals surface area contributed by atoms with Crippen molar-refractivity contribution in [2.24, 2.45) is 5.73 Å². The number of pyridine rings is 1. The summed E-state index contributed by atoms with van der Waals surface area (Å²) in [5, 5.41) is 2.70. The zero-order valence-corrected chi connectivity index (χ0v) is 10.7. The monoisotopic (exact) mass is 270 g/mol. The molecule has 102 valence electrons. The van der Waals surface area contributed by atoms with Crippen LogP contribution in [0.25, 0.3) is 0 Å². The van der Waals surface area contributed by atoms with Crippen molar-refractivity contribution in [3.8, 4) is 0 Å². The van der Waals surface area contributed by atoms with Crippen molar-refractivity contribution in [2.75, 3.05) is 11.1 Å². The molecule has 0 bridgehead atoms. The molecular weight excluding hydrogens is 256 g/mol. The zero-order valence-electron chi connectivity index (χ0n) is 10.7. The van der Waals surface area contributed by atoms with Crippen LogP contribution in [0.4, 0.5) is 11.4 Å². The SMILES string of the molecule is NC(=O)Cc1ccc(NC(=O)c2ccc(N)cn2)cc1. The fourth-order valence-corrected chi connectivity index (χ4v) is 1.64. The number of benzene rings is 1. The fourth-order valence-electron chi connectivity index (χ4n) is 1.64. The van der Waals surface area contributed by atoms with Gasteiger partial charge in [0.05, 0.1) is 18.3 Å². The van der Waals surface area contributed by atoms with E-state index in [9.17, 15) is 9.59 Å². The summed E-state index contributed by atoms with van der Waals surface area (Å²) in [5.41, 5.74) is 12.8. The number of primary amides is 1. The summed E-state index contributed by atoms with van der Waals surface area (Å²) in [6.07, 6.45) is 1.60. The van der Waals surface area contributed by atoms with Crippen LogP contribution in [0.1, 0.15) is 16.1 Å². The van der Waals surface area contributed by atoms with Gasteiger partial charge in [0, 0.05) is 5.69 Å². The van der Waals surface area contributed by atoms with Crippen LogP contribution in [0.2, 0.25) is 0 Å². The second kappa shape index (κ2) is 5.83. The molecule has 0 unspecified atom stereocenters. The Morgan fingerprint density at radius 3 is 2.35 bits per heavy atom. The second-order valence-corrected chi connectivity index (χ2v) is 4.27. The molecule has 20 heavy (non-hydrogen) atoms. The molecule has 2 aromatic rings. The molecule has 0 aliphatic rings. The maximum atomic E-state index is 11.9. The van der Waals surface area contributed by atoms with Crippen LogP contribution in [0.3, 0.4) is 0 Å². The summed E-state index contributed by atoms with van der Waals surface area (Å²) >= 11 is 0. The molecule has 0 spiro atoms. The minimum Gasteiger partial charge on any atom is -0.397 e. The lowest BCUT2D eigenvalue weighted by molar-refractivity contribution is -0.117. The Balaban J connectivity index is 2.04. The third-order valence-electron chi connectivity index (χ3n) is 2.61. The van der Waals surface area contributed by atoms with Gasteiger partial charge in [0.25, 0.3) is 5.91 Å². The lowest BCUT2D eigenvalue weighted by atomic mass is 10.1. The van der Waals surface area contributed by atoms with Gasteiger partial charge in [0.2, 0.25) is 5.91 Å². The van der Waals surface area contributed by atoms with Gasteiger partial charge in [-0.05, 0) is 29.8 Å². The Morgan fingerprint density at radius 2 is 1.80 bits per heavy atom. The van der Waals surface area contributed by atoms with Gasteiger partial charge in [0.1, 0.15) is 5.69 Å². The molecule has 0 atom stereocenters. The lowest BCUT2D eigenvalue weighted by Gasteiger charge is -2.05. The number of carbonyl (C=O) groups excluding carboxylic acids is 2. The van der Waals surface area contributed by atoms with Crippen LogP contribution in [0.5, 0.6) is 0 Å². The number of amides is 2. The third kappa shape index (κ3) is 3.55. The average Bonchev–Trinajstić information content (AvgIpc) is 2.41. The predicted molar refractivity (Wildman–Crippen MR) is 75.9 cm³/mol. The number of hydrogen-bond acceptors (Lipinski definition) is 4. The number of carbonyl (C=O) groups is 2. The standard InChI is InChI=1S/C14H14N4O2/c15-10-3-6-12(17-8-10)14(20)18-11-4-1-9(2-5-11)7-13(16)19/h1-6,8H,7,15H2,(H2,16,19)(H,18,20). The van der Waals surface area contributed by atoms with Crippen LogP contribution in [-0.4, -0.2) is 16.8 Å². The van der Waals surface area contributed by atoms with E-state index in [0.29, 0.717) is 11.4 Å². The quantitative estimate of drug-likeness (QED) is 0.767. The summed E-state index contributed by atoms with van der Waals surface area (Å²) in [7, 11) is 0. The van der Waals surface area contributed by atoms with Crippen LogP contribution >= 0.6 is 0 Å². The summed E-state index contributed by atoms with van der Waals surface area (Å²) in [6, 6.07) is 10.0. The van der Waals surface area contributed by atoms with Crippen LogP contribution in [0.15, 0.2) is 42.6 Å². The lowest BCUT2D eigenvalue weighted by Crippen LogP contribution is -2.15. The number of nitrogens with two attached hydrogens (primary N) is 2. The van der Waals surface area contributed by atoms with Crippen LogP contribution < -0.4 is 16.8 Å². The summed E-state index contributed by atoms with van der Waals surface area (Å²) < 4.78 is 0. The molecule has 0 radical (unpaired) electrons. The van der Waals surface area contributed by atoms with Gasteiger partial charge in [-0.25, -0.2) is 4.98 Å². The fraction of sp³-hybridized carbons (Fsp3) is 0.0714. The molecule has 1 aromatic heterocycles. The normalized spacial score (nSPS) is 10.0. The highest BCUT2D eigenvalue weighted by Gasteiger charge is 2.07. The number of nitrogen functional groups attached to an aromatic ring is 1. The van der Waals surface area contributed by atoms with E-state index in [1.165, 1.54) is 6.20 Å². The first-order chi connectivity index (χ1) is 9.54. The van der Waals surface area contributed by atoms with E-state index in [1.54, 1.807) is 36.4 Å². The summed E-state index contributed by atoms with van der Waals surface area (Å²) in [4.78, 5) is 26.6. The van der Waals surface area contributed by atoms with Gasteiger partial charge in [-0.2, -0.15) is 0 Å². The van der Waals surface area contributed by atoms with Crippen molar-refractivity contribution in [1.82, 2.24) is 4.98 Å². The van der Waals surface area contributed by atoms with E-state index in [4.69, 9.17) is 11.5 Å². The molecular formula is C14H14N4O2. The van der Waals surface area contributed by atoms with Gasteiger partial charge < -0.3 is 16.8 Å². The third-order valence-corrected chi connectivity index (χ3v) is 2.61. The number of nitrogens with one attached hydrogen (secondary N) is 1. The van der Waals surface area contributed by atoms with Crippen molar-refractivity contribution in [3.63, 3.8) is 0 Å². The number of aromatic nitrogens is 1. The highest BCUT2D eigenvalue weighted by molar-refractivity contribution is 6.02. The molecule has 0 aliphatic carbocycles. The number of rotatable bonds is 4. The van der Waals surface area contributed by atoms with Crippen molar-refractivity contribution < 1.29 is 9.59 Å². The number of anilines is 2. The van der Waals surface area contributed by atoms with E-state index < -0.39 is 5.91 Å². The average molecular weight is 270 g/mol. The molecule has 6 heteroatoms. The van der Waals surface area contributed by atoms with Gasteiger partial charge >= 0.3 is 0 Å². The highest BCUT2D eigenvalue weighted by Crippen LogP contribution is 2.11. The summed E-state index contributed by atoms with van der Waals surface area (Å²) in [5.74, 6) is -0.722. The Bertz CT molecular complexity index is 621. The Hall–Kier alpha value is -2.89. The van der Waals surface area contributed by atoms with E-state index in [2.05, 4.69) is 10.3 Å². The molecule has 6 nitrogen and oxygen atoms in total. The van der Waals surface area contributed by atoms with Gasteiger partial charge in [0.15, 0.2) is 0 Å². The van der Waals surface area contributed by atoms with Crippen molar-refractivity contribution in [1.29, 1.82) is 0 Å². The smallest absolute Gasteiger partial charge is 0.274 e. The topological polar surface area (TPSA) is 111 Å². The highest BCUT2D eigenvalue weighted by atomic mass is 16.2. The minimum absolute atomic E-state index is 0.174. The molecule has 0 aliphatic heterocycles. The van der Waals surface area contributed by atoms with E-state index in [1.807, 2.05) is 0 Å². The first-order valence-electron chi connectivity index (χ1n) is 5.95. The van der Waals surface area contributed by atoms with Gasteiger partial charge in [-0.15, -0.1) is 0 Å². The molecule has 0 saturated carbocycles. The van der Waals surface area contributed by atoms with Crippen LogP contribution in [-0.2, 0) is 11.2 Å². The van der Waals surface area contributed by atoms with Crippen molar-refractivity contribution >= 4 is 23.2 Å². The van der Waals surface area contributed by atoms with E-state index in [0.717, 1.165) is 5.56 Å². The minimum atomic E-state index is -0.396. The molecule has 0 saturated heterocycles. The molecule has 1 heterocycles. The molecule has 2 rings (SSSR count). The molecule has 0 fully saturated rings. The number of hydrogen-bond donors (Lipinski definition) is 3. The second-order valence-electron chi connectivity index (χ2n) is 4.27. The van der Waals surface area contributed by atoms with Crippen LogP contribution in [0, 0.1) is 0 Å². The molecule has 5 N–H and O–H groups in total. The van der Waals surface area contributed by atoms with Gasteiger partial charge in [-0.3, -0.25) is 9.59 Å². The first kappa shape index (κ1) is 13.5. The first-order valence-corrected chi connectivity index (χ1v) is 5.95. The molecule has 1 aromatic carbocycles. The van der Waals surface area contributed by atoms with Crippen molar-refractivity contribution in [2.45, 2.75) is 6.42 Å². The Kier molecular flexibility index (Phi) is 3.95. The predicted octanol–water partition coefficient (Wildman–Crippen LogP) is 0.944. The maximum absolute atomic E-state index is 11.9. The van der Waals surface area contributed by atoms with Gasteiger partial charge in [-0.1, -0.05) is 12.1 Å². The largest absolute Gasteiger partial charge is 0.397 e. The number of nitrogens with zero attached hydrogens (tertiary/aromatic N) is 1. The maximum Gasteiger partial charge on any atom is 0.274 e. The molecule has 2 amide bonds. The summed E-state index contributed by atoms with van der Waals surface area (Å²) in [6.45, 7) is 0. The Morgan fingerprint density at radius 1 is 1.10 bits per heavy atom. The Labute approximate surface area is 115 Å². The zero-order chi connectivity index (χ0) is 14.5. The van der Waals surface area contributed by atoms with E-state index >= 15 is 0 Å².